The van der Waals surface area contributed by atoms with Crippen molar-refractivity contribution in [2.75, 3.05) is 7.05 Å². The Morgan fingerprint density at radius 2 is 2.11 bits per heavy atom. The van der Waals surface area contributed by atoms with Crippen LogP contribution in [0.3, 0.4) is 0 Å². The molecule has 0 bridgehead atoms. The van der Waals surface area contributed by atoms with Crippen LogP contribution in [-0.4, -0.2) is 33.0 Å². The van der Waals surface area contributed by atoms with Gasteiger partial charge in [-0.15, -0.1) is 0 Å². The summed E-state index contributed by atoms with van der Waals surface area (Å²) in [6.07, 6.45) is 1.02. The molecule has 0 radical (unpaired) electrons. The van der Waals surface area contributed by atoms with Gasteiger partial charge in [-0.2, -0.15) is 10.4 Å². The molecule has 6 nitrogen and oxygen atoms in total. The highest BCUT2D eigenvalue weighted by atomic mass is 16.2. The summed E-state index contributed by atoms with van der Waals surface area (Å²) in [6, 6.07) is 2.15. The van der Waals surface area contributed by atoms with E-state index in [9.17, 15) is 10.1 Å². The number of hydrogen-bond acceptors (Lipinski definition) is 4. The zero-order valence-corrected chi connectivity index (χ0v) is 11.3. The van der Waals surface area contributed by atoms with E-state index in [4.69, 9.17) is 0 Å². The minimum absolute atomic E-state index is 0.169. The van der Waals surface area contributed by atoms with Crippen molar-refractivity contribution in [1.29, 1.82) is 5.26 Å². The molecule has 1 aromatic heterocycles. The Balaban J connectivity index is 2.81. The van der Waals surface area contributed by atoms with E-state index in [1.54, 1.807) is 14.0 Å². The number of H-pyrrole nitrogens is 1. The van der Waals surface area contributed by atoms with E-state index in [2.05, 4.69) is 21.3 Å². The van der Waals surface area contributed by atoms with Crippen LogP contribution in [-0.2, 0) is 11.3 Å². The molecule has 1 heterocycles. The maximum absolute atomic E-state index is 12.3. The van der Waals surface area contributed by atoms with E-state index < -0.39 is 5.41 Å². The molecule has 0 spiro atoms. The lowest BCUT2D eigenvalue weighted by atomic mass is 9.82. The van der Waals surface area contributed by atoms with Crippen molar-refractivity contribution in [2.45, 2.75) is 40.2 Å². The highest BCUT2D eigenvalue weighted by Gasteiger charge is 2.37. The average Bonchev–Trinajstić information content (AvgIpc) is 2.77. The van der Waals surface area contributed by atoms with Crippen LogP contribution >= 0.6 is 0 Å². The molecule has 1 amide bonds. The number of aromatic nitrogens is 3. The number of aryl methyl sites for hydroxylation is 1. The van der Waals surface area contributed by atoms with Crippen molar-refractivity contribution >= 4 is 5.91 Å². The van der Waals surface area contributed by atoms with Gasteiger partial charge in [-0.3, -0.25) is 9.89 Å². The zero-order chi connectivity index (χ0) is 13.8. The van der Waals surface area contributed by atoms with Crippen LogP contribution < -0.4 is 0 Å². The van der Waals surface area contributed by atoms with E-state index in [-0.39, 0.29) is 5.91 Å². The summed E-state index contributed by atoms with van der Waals surface area (Å²) in [7, 11) is 1.67. The van der Waals surface area contributed by atoms with E-state index >= 15 is 0 Å². The monoisotopic (exact) mass is 249 g/mol. The fourth-order valence-electron chi connectivity index (χ4n) is 1.87. The number of nitriles is 1. The first-order valence-electron chi connectivity index (χ1n) is 6.03. The first-order chi connectivity index (χ1) is 8.49. The van der Waals surface area contributed by atoms with Gasteiger partial charge in [-0.1, -0.05) is 13.8 Å². The fourth-order valence-corrected chi connectivity index (χ4v) is 1.87. The summed E-state index contributed by atoms with van der Waals surface area (Å²) in [5.74, 6) is 1.10. The van der Waals surface area contributed by atoms with Gasteiger partial charge >= 0.3 is 0 Å². The normalized spacial score (nSPS) is 11.1. The molecule has 1 aromatic rings. The van der Waals surface area contributed by atoms with Gasteiger partial charge in [0.1, 0.15) is 11.2 Å². The molecular formula is C12H19N5O. The highest BCUT2D eigenvalue weighted by molar-refractivity contribution is 5.85. The van der Waals surface area contributed by atoms with Crippen LogP contribution in [0.5, 0.6) is 0 Å². The van der Waals surface area contributed by atoms with E-state index in [1.165, 1.54) is 4.90 Å². The third kappa shape index (κ3) is 2.67. The number of carbonyl (C=O) groups excluding carboxylic acids is 1. The lowest BCUT2D eigenvalue weighted by Gasteiger charge is -2.27. The summed E-state index contributed by atoms with van der Waals surface area (Å²) in [6.45, 7) is 5.83. The summed E-state index contributed by atoms with van der Waals surface area (Å²) < 4.78 is 0. The van der Waals surface area contributed by atoms with Crippen LogP contribution in [0, 0.1) is 23.7 Å². The predicted molar refractivity (Wildman–Crippen MR) is 66.2 cm³/mol. The van der Waals surface area contributed by atoms with Gasteiger partial charge in [0.05, 0.1) is 12.6 Å². The Morgan fingerprint density at radius 3 is 2.50 bits per heavy atom. The van der Waals surface area contributed by atoms with Crippen LogP contribution in [0.15, 0.2) is 0 Å². The molecule has 1 N–H and O–H groups in total. The molecule has 6 heteroatoms. The van der Waals surface area contributed by atoms with E-state index in [0.29, 0.717) is 31.0 Å². The third-order valence-electron chi connectivity index (χ3n) is 3.20. The molecule has 98 valence electrons. The second-order valence-electron chi connectivity index (χ2n) is 4.40. The maximum Gasteiger partial charge on any atom is 0.243 e. The molecule has 0 aromatic carbocycles. The van der Waals surface area contributed by atoms with Gasteiger partial charge in [0.15, 0.2) is 5.82 Å². The molecule has 0 unspecified atom stereocenters. The maximum atomic E-state index is 12.3. The number of hydrogen-bond donors (Lipinski definition) is 1. The molecule has 0 saturated heterocycles. The minimum atomic E-state index is -0.930. The molecule has 0 saturated carbocycles. The highest BCUT2D eigenvalue weighted by Crippen LogP contribution is 2.28. The zero-order valence-electron chi connectivity index (χ0n) is 11.3. The Labute approximate surface area is 107 Å². The minimum Gasteiger partial charge on any atom is -0.337 e. The number of nitrogens with one attached hydrogen (secondary N) is 1. The topological polar surface area (TPSA) is 85.7 Å². The Hall–Kier alpha value is -1.90. The molecule has 18 heavy (non-hydrogen) atoms. The first-order valence-corrected chi connectivity index (χ1v) is 6.03. The smallest absolute Gasteiger partial charge is 0.243 e. The first kappa shape index (κ1) is 14.2. The number of rotatable bonds is 5. The summed E-state index contributed by atoms with van der Waals surface area (Å²) in [5, 5.41) is 15.9. The number of aromatic amines is 1. The fraction of sp³-hybridized carbons (Fsp3) is 0.667. The van der Waals surface area contributed by atoms with Gasteiger partial charge < -0.3 is 4.90 Å². The van der Waals surface area contributed by atoms with Crippen molar-refractivity contribution in [3.63, 3.8) is 0 Å². The Morgan fingerprint density at radius 1 is 1.50 bits per heavy atom. The predicted octanol–water partition coefficient (Wildman–Crippen LogP) is 1.40. The Kier molecular flexibility index (Phi) is 4.43. The van der Waals surface area contributed by atoms with E-state index in [1.807, 2.05) is 13.8 Å². The van der Waals surface area contributed by atoms with Crippen molar-refractivity contribution in [3.8, 4) is 6.07 Å². The van der Waals surface area contributed by atoms with Gasteiger partial charge in [0.2, 0.25) is 5.91 Å². The average molecular weight is 249 g/mol. The van der Waals surface area contributed by atoms with E-state index in [0.717, 1.165) is 0 Å². The SMILES string of the molecule is CCC(C#N)(CC)C(=O)N(C)Cc1n[nH]c(C)n1. The van der Waals surface area contributed by atoms with Crippen LogP contribution in [0.2, 0.25) is 0 Å². The van der Waals surface area contributed by atoms with Crippen molar-refractivity contribution in [1.82, 2.24) is 20.1 Å². The standard InChI is InChI=1S/C12H19N5O/c1-5-12(6-2,8-13)11(18)17(4)7-10-14-9(3)15-16-10/h5-7H2,1-4H3,(H,14,15,16). The van der Waals surface area contributed by atoms with Crippen LogP contribution in [0.25, 0.3) is 0 Å². The summed E-state index contributed by atoms with van der Waals surface area (Å²) >= 11 is 0. The lowest BCUT2D eigenvalue weighted by Crippen LogP contribution is -2.40. The molecule has 0 fully saturated rings. The lowest BCUT2D eigenvalue weighted by molar-refractivity contribution is -0.138. The largest absolute Gasteiger partial charge is 0.337 e. The molecule has 0 atom stereocenters. The summed E-state index contributed by atoms with van der Waals surface area (Å²) in [5.41, 5.74) is -0.930. The van der Waals surface area contributed by atoms with Crippen molar-refractivity contribution in [3.05, 3.63) is 11.6 Å². The second kappa shape index (κ2) is 5.63. The molecule has 1 rings (SSSR count). The Bertz CT molecular complexity index is 455. The molecule has 0 aliphatic carbocycles. The second-order valence-corrected chi connectivity index (χ2v) is 4.40. The van der Waals surface area contributed by atoms with Gasteiger partial charge in [0.25, 0.3) is 0 Å². The third-order valence-corrected chi connectivity index (χ3v) is 3.20. The van der Waals surface area contributed by atoms with Crippen molar-refractivity contribution < 1.29 is 4.79 Å². The summed E-state index contributed by atoms with van der Waals surface area (Å²) in [4.78, 5) is 18.0. The quantitative estimate of drug-likeness (QED) is 0.854. The van der Waals surface area contributed by atoms with Crippen molar-refractivity contribution in [2.24, 2.45) is 5.41 Å². The molecule has 0 aliphatic heterocycles. The van der Waals surface area contributed by atoms with Gasteiger partial charge in [-0.05, 0) is 19.8 Å². The number of carbonyl (C=O) groups is 1. The van der Waals surface area contributed by atoms with Crippen LogP contribution in [0.1, 0.15) is 38.3 Å². The number of nitrogens with zero attached hydrogens (tertiary/aromatic N) is 4. The molecular weight excluding hydrogens is 230 g/mol. The van der Waals surface area contributed by atoms with Gasteiger partial charge in [-0.25, -0.2) is 4.98 Å². The van der Waals surface area contributed by atoms with Crippen LogP contribution in [0.4, 0.5) is 0 Å². The number of amides is 1. The molecule has 0 aliphatic rings. The van der Waals surface area contributed by atoms with Gasteiger partial charge in [0, 0.05) is 7.05 Å².